The molecular weight excluding hydrogens is 435 g/mol. The number of hydrogen-bond donors (Lipinski definition) is 0. The standard InChI is InChI=1S/C17H15Cl3N2O4S/c1-25-21-9-16(27(23,24)15-6-4-13(18)5-7-15)10-22-26-11-12-2-3-14(19)8-17(12)20/h2-10,16H,11H2,1H3/b21-9+,22-10-/t16-/m0/s1. The number of sulfone groups is 1. The monoisotopic (exact) mass is 448 g/mol. The lowest BCUT2D eigenvalue weighted by atomic mass is 10.2. The maximum atomic E-state index is 12.7. The number of nitrogens with zero attached hydrogens (tertiary/aromatic N) is 2. The molecule has 0 heterocycles. The molecule has 0 saturated carbocycles. The van der Waals surface area contributed by atoms with E-state index in [-0.39, 0.29) is 11.5 Å². The highest BCUT2D eigenvalue weighted by Gasteiger charge is 2.25. The van der Waals surface area contributed by atoms with Gasteiger partial charge in [0, 0.05) is 20.6 Å². The third-order valence-electron chi connectivity index (χ3n) is 3.33. The lowest BCUT2D eigenvalue weighted by Gasteiger charge is -2.09. The minimum absolute atomic E-state index is 0.0433. The number of hydrogen-bond acceptors (Lipinski definition) is 6. The summed E-state index contributed by atoms with van der Waals surface area (Å²) < 4.78 is 25.5. The highest BCUT2D eigenvalue weighted by atomic mass is 35.5. The summed E-state index contributed by atoms with van der Waals surface area (Å²) >= 11 is 17.7. The number of halogens is 3. The molecule has 0 N–H and O–H groups in total. The van der Waals surface area contributed by atoms with Gasteiger partial charge in [0.15, 0.2) is 9.84 Å². The maximum absolute atomic E-state index is 12.7. The second-order valence-corrected chi connectivity index (χ2v) is 8.55. The Balaban J connectivity index is 2.14. The van der Waals surface area contributed by atoms with E-state index < -0.39 is 15.1 Å². The third-order valence-corrected chi connectivity index (χ3v) is 6.06. The van der Waals surface area contributed by atoms with Gasteiger partial charge in [-0.2, -0.15) is 0 Å². The molecule has 0 fully saturated rings. The van der Waals surface area contributed by atoms with Crippen LogP contribution in [-0.2, 0) is 26.1 Å². The van der Waals surface area contributed by atoms with Crippen LogP contribution < -0.4 is 0 Å². The lowest BCUT2D eigenvalue weighted by Crippen LogP contribution is -2.25. The molecule has 6 nitrogen and oxygen atoms in total. The highest BCUT2D eigenvalue weighted by molar-refractivity contribution is 7.93. The molecule has 0 amide bonds. The average molecular weight is 450 g/mol. The second kappa shape index (κ2) is 9.94. The van der Waals surface area contributed by atoms with Gasteiger partial charge in [-0.15, -0.1) is 0 Å². The Morgan fingerprint density at radius 3 is 2.26 bits per heavy atom. The van der Waals surface area contributed by atoms with Crippen molar-refractivity contribution in [1.29, 1.82) is 0 Å². The Morgan fingerprint density at radius 1 is 1.00 bits per heavy atom. The van der Waals surface area contributed by atoms with Crippen LogP contribution in [0.5, 0.6) is 0 Å². The Kier molecular flexibility index (Phi) is 7.91. The first kappa shape index (κ1) is 21.5. The summed E-state index contributed by atoms with van der Waals surface area (Å²) in [5, 5.41) is 7.40. The van der Waals surface area contributed by atoms with Gasteiger partial charge in [-0.25, -0.2) is 8.42 Å². The molecule has 27 heavy (non-hydrogen) atoms. The predicted molar refractivity (Wildman–Crippen MR) is 108 cm³/mol. The summed E-state index contributed by atoms with van der Waals surface area (Å²) in [6.45, 7) is 0.0433. The average Bonchev–Trinajstić information content (AvgIpc) is 2.62. The van der Waals surface area contributed by atoms with Crippen LogP contribution in [0.1, 0.15) is 5.56 Å². The molecular formula is C17H15Cl3N2O4S. The molecule has 1 atom stereocenters. The molecule has 2 aromatic carbocycles. The van der Waals surface area contributed by atoms with Gasteiger partial charge in [-0.1, -0.05) is 51.2 Å². The maximum Gasteiger partial charge on any atom is 0.191 e. The van der Waals surface area contributed by atoms with Gasteiger partial charge in [-0.3, -0.25) is 0 Å². The van der Waals surface area contributed by atoms with E-state index in [1.165, 1.54) is 31.4 Å². The van der Waals surface area contributed by atoms with E-state index in [2.05, 4.69) is 15.1 Å². The zero-order valence-electron chi connectivity index (χ0n) is 14.1. The smallest absolute Gasteiger partial charge is 0.191 e. The minimum Gasteiger partial charge on any atom is -0.399 e. The molecule has 144 valence electrons. The van der Waals surface area contributed by atoms with Gasteiger partial charge < -0.3 is 9.68 Å². The van der Waals surface area contributed by atoms with Crippen LogP contribution in [0.2, 0.25) is 15.1 Å². The predicted octanol–water partition coefficient (Wildman–Crippen LogP) is 4.62. The number of rotatable bonds is 8. The van der Waals surface area contributed by atoms with Crippen molar-refractivity contribution in [3.8, 4) is 0 Å². The van der Waals surface area contributed by atoms with Crippen molar-refractivity contribution in [2.75, 3.05) is 7.11 Å². The van der Waals surface area contributed by atoms with Crippen LogP contribution in [0.3, 0.4) is 0 Å². The summed E-state index contributed by atoms with van der Waals surface area (Å²) in [4.78, 5) is 9.79. The first-order chi connectivity index (χ1) is 12.8. The zero-order chi connectivity index (χ0) is 19.9. The molecule has 0 radical (unpaired) electrons. The van der Waals surface area contributed by atoms with E-state index >= 15 is 0 Å². The van der Waals surface area contributed by atoms with Gasteiger partial charge in [0.1, 0.15) is 19.0 Å². The zero-order valence-corrected chi connectivity index (χ0v) is 17.1. The summed E-state index contributed by atoms with van der Waals surface area (Å²) in [5.74, 6) is 0. The Hall–Kier alpha value is -1.80. The van der Waals surface area contributed by atoms with Crippen molar-refractivity contribution in [3.63, 3.8) is 0 Å². The lowest BCUT2D eigenvalue weighted by molar-refractivity contribution is 0.132. The first-order valence-corrected chi connectivity index (χ1v) is 10.2. The van der Waals surface area contributed by atoms with E-state index in [0.717, 1.165) is 12.4 Å². The molecule has 0 saturated heterocycles. The molecule has 0 aliphatic heterocycles. The van der Waals surface area contributed by atoms with E-state index in [1.807, 2.05) is 0 Å². The number of benzene rings is 2. The molecule has 0 bridgehead atoms. The van der Waals surface area contributed by atoms with Gasteiger partial charge in [0.05, 0.1) is 17.3 Å². The van der Waals surface area contributed by atoms with Gasteiger partial charge in [-0.05, 0) is 36.4 Å². The Labute approximate surface area is 172 Å². The fourth-order valence-corrected chi connectivity index (χ4v) is 3.79. The first-order valence-electron chi connectivity index (χ1n) is 7.50. The van der Waals surface area contributed by atoms with E-state index in [0.29, 0.717) is 20.6 Å². The molecule has 2 aromatic rings. The van der Waals surface area contributed by atoms with Crippen molar-refractivity contribution in [2.24, 2.45) is 10.3 Å². The van der Waals surface area contributed by atoms with Crippen molar-refractivity contribution in [3.05, 3.63) is 63.1 Å². The van der Waals surface area contributed by atoms with Crippen LogP contribution >= 0.6 is 34.8 Å². The fourth-order valence-electron chi connectivity index (χ4n) is 1.95. The van der Waals surface area contributed by atoms with Gasteiger partial charge in [0.2, 0.25) is 0 Å². The minimum atomic E-state index is -3.81. The SMILES string of the molecule is CO/N=C/[C@@H](/C=N\OCc1ccc(Cl)cc1Cl)S(=O)(=O)c1ccc(Cl)cc1. The van der Waals surface area contributed by atoms with Crippen molar-refractivity contribution >= 4 is 57.1 Å². The van der Waals surface area contributed by atoms with Gasteiger partial charge in [0.25, 0.3) is 0 Å². The topological polar surface area (TPSA) is 77.3 Å². The Morgan fingerprint density at radius 2 is 1.63 bits per heavy atom. The summed E-state index contributed by atoms with van der Waals surface area (Å²) in [6, 6.07) is 10.7. The third kappa shape index (κ3) is 6.10. The van der Waals surface area contributed by atoms with Crippen LogP contribution in [0.25, 0.3) is 0 Å². The summed E-state index contributed by atoms with van der Waals surface area (Å²) in [6.07, 6.45) is 2.21. The highest BCUT2D eigenvalue weighted by Crippen LogP contribution is 2.22. The molecule has 10 heteroatoms. The van der Waals surface area contributed by atoms with E-state index in [9.17, 15) is 8.42 Å². The van der Waals surface area contributed by atoms with Crippen molar-refractivity contribution in [1.82, 2.24) is 0 Å². The fraction of sp³-hybridized carbons (Fsp3) is 0.176. The second-order valence-electron chi connectivity index (χ2n) is 5.16. The molecule has 0 aliphatic carbocycles. The van der Waals surface area contributed by atoms with Crippen LogP contribution in [0, 0.1) is 0 Å². The van der Waals surface area contributed by atoms with Crippen molar-refractivity contribution < 1.29 is 18.1 Å². The molecule has 0 spiro atoms. The van der Waals surface area contributed by atoms with E-state index in [1.54, 1.807) is 18.2 Å². The van der Waals surface area contributed by atoms with Crippen molar-refractivity contribution in [2.45, 2.75) is 16.8 Å². The summed E-state index contributed by atoms with van der Waals surface area (Å²) in [5.41, 5.74) is 0.654. The quantitative estimate of drug-likeness (QED) is 0.435. The van der Waals surface area contributed by atoms with Gasteiger partial charge >= 0.3 is 0 Å². The molecule has 0 aromatic heterocycles. The molecule has 2 rings (SSSR count). The van der Waals surface area contributed by atoms with Crippen LogP contribution in [0.4, 0.5) is 0 Å². The molecule has 0 unspecified atom stereocenters. The van der Waals surface area contributed by atoms with Crippen LogP contribution in [-0.4, -0.2) is 33.2 Å². The Bertz CT molecular complexity index is 932. The normalized spacial score (nSPS) is 13.2. The molecule has 0 aliphatic rings. The largest absolute Gasteiger partial charge is 0.399 e. The van der Waals surface area contributed by atoms with Crippen LogP contribution in [0.15, 0.2) is 57.7 Å². The summed E-state index contributed by atoms with van der Waals surface area (Å²) in [7, 11) is -2.51. The van der Waals surface area contributed by atoms with E-state index in [4.69, 9.17) is 39.6 Å². The number of oxime groups is 2.